The van der Waals surface area contributed by atoms with Crippen molar-refractivity contribution in [1.29, 1.82) is 0 Å². The molecule has 8 heteroatoms. The standard InChI is InChI=1S/C18H20ClN3O4/c1-20-17-15(8-5-9-21-17)10-22(18(24)26-13-19)11-16(23)25-12-14-6-3-2-4-7-14/h2-9H,10-13H2,1H3,(H,20,21). The van der Waals surface area contributed by atoms with Gasteiger partial charge in [-0.15, -0.1) is 0 Å². The van der Waals surface area contributed by atoms with Crippen LogP contribution in [0.1, 0.15) is 11.1 Å². The van der Waals surface area contributed by atoms with Crippen molar-refractivity contribution in [3.8, 4) is 0 Å². The number of halogens is 1. The molecule has 26 heavy (non-hydrogen) atoms. The summed E-state index contributed by atoms with van der Waals surface area (Å²) in [5.41, 5.74) is 1.60. The van der Waals surface area contributed by atoms with Gasteiger partial charge < -0.3 is 14.8 Å². The van der Waals surface area contributed by atoms with Crippen LogP contribution in [-0.4, -0.2) is 41.6 Å². The van der Waals surface area contributed by atoms with E-state index in [1.807, 2.05) is 30.3 Å². The molecule has 0 spiro atoms. The second-order valence-electron chi connectivity index (χ2n) is 5.28. The summed E-state index contributed by atoms with van der Waals surface area (Å²) >= 11 is 5.47. The van der Waals surface area contributed by atoms with E-state index in [1.54, 1.807) is 25.4 Å². The van der Waals surface area contributed by atoms with Gasteiger partial charge >= 0.3 is 12.1 Å². The van der Waals surface area contributed by atoms with Crippen LogP contribution in [0.4, 0.5) is 10.6 Å². The fourth-order valence-electron chi connectivity index (χ4n) is 2.26. The lowest BCUT2D eigenvalue weighted by molar-refractivity contribution is -0.146. The van der Waals surface area contributed by atoms with Crippen LogP contribution in [0.15, 0.2) is 48.7 Å². The summed E-state index contributed by atoms with van der Waals surface area (Å²) in [4.78, 5) is 29.7. The highest BCUT2D eigenvalue weighted by atomic mass is 35.5. The molecule has 1 amide bonds. The van der Waals surface area contributed by atoms with Crippen LogP contribution in [0.3, 0.4) is 0 Å². The van der Waals surface area contributed by atoms with E-state index in [2.05, 4.69) is 10.3 Å². The van der Waals surface area contributed by atoms with Gasteiger partial charge in [-0.05, 0) is 11.6 Å². The summed E-state index contributed by atoms with van der Waals surface area (Å²) in [5, 5.41) is 2.94. The van der Waals surface area contributed by atoms with Crippen molar-refractivity contribution in [2.24, 2.45) is 0 Å². The zero-order valence-corrected chi connectivity index (χ0v) is 15.1. The quantitative estimate of drug-likeness (QED) is 0.562. The molecule has 0 unspecified atom stereocenters. The minimum atomic E-state index is -0.706. The van der Waals surface area contributed by atoms with E-state index in [-0.39, 0.29) is 25.8 Å². The van der Waals surface area contributed by atoms with Gasteiger partial charge in [-0.2, -0.15) is 0 Å². The third kappa shape index (κ3) is 5.93. The molecular formula is C18H20ClN3O4. The van der Waals surface area contributed by atoms with E-state index in [1.165, 1.54) is 4.90 Å². The number of alkyl halides is 1. The van der Waals surface area contributed by atoms with E-state index in [0.717, 1.165) is 11.1 Å². The van der Waals surface area contributed by atoms with E-state index in [4.69, 9.17) is 21.1 Å². The highest BCUT2D eigenvalue weighted by Gasteiger charge is 2.21. The lowest BCUT2D eigenvalue weighted by atomic mass is 10.2. The molecule has 0 aliphatic heterocycles. The number of esters is 1. The molecule has 1 heterocycles. The van der Waals surface area contributed by atoms with E-state index >= 15 is 0 Å². The van der Waals surface area contributed by atoms with Gasteiger partial charge in [-0.25, -0.2) is 9.78 Å². The molecule has 7 nitrogen and oxygen atoms in total. The number of nitrogens with zero attached hydrogens (tertiary/aromatic N) is 2. The Morgan fingerprint density at radius 3 is 2.62 bits per heavy atom. The lowest BCUT2D eigenvalue weighted by Gasteiger charge is -2.21. The third-order valence-electron chi connectivity index (χ3n) is 3.49. The number of hydrogen-bond donors (Lipinski definition) is 1. The zero-order valence-electron chi connectivity index (χ0n) is 14.4. The number of ether oxygens (including phenoxy) is 2. The van der Waals surface area contributed by atoms with Crippen LogP contribution in [0, 0.1) is 0 Å². The molecule has 0 atom stereocenters. The van der Waals surface area contributed by atoms with Crippen molar-refractivity contribution < 1.29 is 19.1 Å². The van der Waals surface area contributed by atoms with Crippen LogP contribution in [-0.2, 0) is 27.4 Å². The summed E-state index contributed by atoms with van der Waals surface area (Å²) in [7, 11) is 1.72. The maximum atomic E-state index is 12.1. The second-order valence-corrected chi connectivity index (χ2v) is 5.50. The molecule has 0 bridgehead atoms. The van der Waals surface area contributed by atoms with Crippen LogP contribution in [0.5, 0.6) is 0 Å². The fraction of sp³-hybridized carbons (Fsp3) is 0.278. The van der Waals surface area contributed by atoms with Gasteiger partial charge in [0.15, 0.2) is 6.07 Å². The van der Waals surface area contributed by atoms with E-state index in [0.29, 0.717) is 5.82 Å². The number of pyridine rings is 1. The number of hydrogen-bond acceptors (Lipinski definition) is 6. The van der Waals surface area contributed by atoms with Crippen molar-refractivity contribution in [3.05, 3.63) is 59.8 Å². The average molecular weight is 378 g/mol. The summed E-state index contributed by atoms with van der Waals surface area (Å²) < 4.78 is 10.0. The van der Waals surface area contributed by atoms with Gasteiger partial charge in [0.25, 0.3) is 0 Å². The lowest BCUT2D eigenvalue weighted by Crippen LogP contribution is -2.36. The molecule has 0 aliphatic carbocycles. The van der Waals surface area contributed by atoms with Gasteiger partial charge in [-0.1, -0.05) is 48.0 Å². The van der Waals surface area contributed by atoms with Crippen molar-refractivity contribution in [2.45, 2.75) is 13.2 Å². The highest BCUT2D eigenvalue weighted by Crippen LogP contribution is 2.14. The predicted molar refractivity (Wildman–Crippen MR) is 97.6 cm³/mol. The fourth-order valence-corrected chi connectivity index (χ4v) is 2.35. The number of aromatic nitrogens is 1. The molecule has 0 saturated heterocycles. The Bertz CT molecular complexity index is 727. The Kier molecular flexibility index (Phi) is 7.70. The number of benzene rings is 1. The Morgan fingerprint density at radius 2 is 1.92 bits per heavy atom. The predicted octanol–water partition coefficient (Wildman–Crippen LogP) is 3.00. The van der Waals surface area contributed by atoms with Crippen LogP contribution in [0.25, 0.3) is 0 Å². The molecule has 1 N–H and O–H groups in total. The first-order chi connectivity index (χ1) is 12.6. The molecule has 0 fully saturated rings. The number of amides is 1. The second kappa shape index (κ2) is 10.2. The normalized spacial score (nSPS) is 10.1. The van der Waals surface area contributed by atoms with Crippen LogP contribution >= 0.6 is 11.6 Å². The molecule has 0 radical (unpaired) electrons. The molecule has 138 valence electrons. The van der Waals surface area contributed by atoms with Gasteiger partial charge in [0.1, 0.15) is 19.0 Å². The van der Waals surface area contributed by atoms with Gasteiger partial charge in [0.05, 0.1) is 6.54 Å². The van der Waals surface area contributed by atoms with Crippen molar-refractivity contribution >= 4 is 29.5 Å². The van der Waals surface area contributed by atoms with Crippen molar-refractivity contribution in [1.82, 2.24) is 9.88 Å². The summed E-state index contributed by atoms with van der Waals surface area (Å²) in [6.45, 7) is -0.00645. The van der Waals surface area contributed by atoms with Gasteiger partial charge in [0.2, 0.25) is 0 Å². The minimum absolute atomic E-state index is 0.125. The molecular weight excluding hydrogens is 358 g/mol. The Balaban J connectivity index is 2.02. The Morgan fingerprint density at radius 1 is 1.15 bits per heavy atom. The van der Waals surface area contributed by atoms with E-state index < -0.39 is 12.1 Å². The summed E-state index contributed by atoms with van der Waals surface area (Å²) in [5.74, 6) is 0.0594. The summed E-state index contributed by atoms with van der Waals surface area (Å²) in [6.07, 6.45) is 0.924. The Labute approximate surface area is 156 Å². The smallest absolute Gasteiger partial charge is 0.411 e. The first-order valence-electron chi connectivity index (χ1n) is 7.93. The van der Waals surface area contributed by atoms with Crippen LogP contribution < -0.4 is 5.32 Å². The van der Waals surface area contributed by atoms with E-state index in [9.17, 15) is 9.59 Å². The first-order valence-corrected chi connectivity index (χ1v) is 8.46. The summed E-state index contributed by atoms with van der Waals surface area (Å²) in [6, 6.07) is 12.5. The van der Waals surface area contributed by atoms with Crippen LogP contribution in [0.2, 0.25) is 0 Å². The largest absolute Gasteiger partial charge is 0.459 e. The number of carbonyl (C=O) groups is 2. The SMILES string of the molecule is CNc1ncccc1CN(CC(=O)OCc1ccccc1)C(=O)OCCl. The monoisotopic (exact) mass is 377 g/mol. The molecule has 0 saturated carbocycles. The molecule has 1 aromatic heterocycles. The third-order valence-corrected chi connectivity index (χ3v) is 3.60. The molecule has 2 rings (SSSR count). The maximum Gasteiger partial charge on any atom is 0.411 e. The highest BCUT2D eigenvalue weighted by molar-refractivity contribution is 6.17. The average Bonchev–Trinajstić information content (AvgIpc) is 2.67. The molecule has 0 aliphatic rings. The number of anilines is 1. The number of nitrogens with one attached hydrogen (secondary N) is 1. The maximum absolute atomic E-state index is 12.1. The first kappa shape index (κ1) is 19.5. The molecule has 1 aromatic carbocycles. The van der Waals surface area contributed by atoms with Crippen molar-refractivity contribution in [2.75, 3.05) is 25.0 Å². The molecule has 2 aromatic rings. The number of carbonyl (C=O) groups excluding carboxylic acids is 2. The Hall–Kier alpha value is -2.80. The van der Waals surface area contributed by atoms with Gasteiger partial charge in [-0.3, -0.25) is 9.69 Å². The van der Waals surface area contributed by atoms with Crippen molar-refractivity contribution in [3.63, 3.8) is 0 Å². The number of rotatable bonds is 8. The van der Waals surface area contributed by atoms with Gasteiger partial charge in [0, 0.05) is 18.8 Å². The minimum Gasteiger partial charge on any atom is -0.459 e. The zero-order chi connectivity index (χ0) is 18.8. The topological polar surface area (TPSA) is 80.8 Å².